The molecular weight excluding hydrogens is 308 g/mol. The monoisotopic (exact) mass is 316 g/mol. The van der Waals surface area contributed by atoms with Crippen molar-refractivity contribution >= 4 is 39.7 Å². The Kier molecular flexibility index (Phi) is 3.48. The third-order valence-electron chi connectivity index (χ3n) is 3.02. The van der Waals surface area contributed by atoms with Crippen LogP contribution in [0, 0.1) is 10.1 Å². The standard InChI is InChI=1S/C14H9ClN4O3/c15-14-17-10-4-2-1-3-9(10)13(18-14)16-11-7-8(19(21)22)5-6-12(11)20/h1-7,20H,(H,16,17,18). The number of nitrogens with zero attached hydrogens (tertiary/aromatic N) is 3. The van der Waals surface area contributed by atoms with Crippen molar-refractivity contribution in [3.63, 3.8) is 0 Å². The van der Waals surface area contributed by atoms with E-state index in [1.165, 1.54) is 18.2 Å². The van der Waals surface area contributed by atoms with E-state index in [1.807, 2.05) is 0 Å². The largest absolute Gasteiger partial charge is 0.506 e. The number of phenolic OH excluding ortho intramolecular Hbond substituents is 1. The van der Waals surface area contributed by atoms with Crippen LogP contribution < -0.4 is 5.32 Å². The fraction of sp³-hybridized carbons (Fsp3) is 0. The zero-order valence-electron chi connectivity index (χ0n) is 11.0. The molecule has 0 saturated carbocycles. The number of halogens is 1. The molecule has 0 atom stereocenters. The second-order valence-electron chi connectivity index (χ2n) is 4.44. The number of fused-ring (bicyclic) bond motifs is 1. The summed E-state index contributed by atoms with van der Waals surface area (Å²) in [5.74, 6) is 0.218. The highest BCUT2D eigenvalue weighted by atomic mass is 35.5. The lowest BCUT2D eigenvalue weighted by molar-refractivity contribution is -0.384. The third kappa shape index (κ3) is 2.61. The van der Waals surface area contributed by atoms with Crippen molar-refractivity contribution in [3.05, 3.63) is 57.9 Å². The number of aromatic nitrogens is 2. The predicted molar refractivity (Wildman–Crippen MR) is 82.6 cm³/mol. The first-order chi connectivity index (χ1) is 10.5. The number of rotatable bonds is 3. The quantitative estimate of drug-likeness (QED) is 0.331. The van der Waals surface area contributed by atoms with E-state index in [4.69, 9.17) is 11.6 Å². The maximum Gasteiger partial charge on any atom is 0.271 e. The van der Waals surface area contributed by atoms with Crippen LogP contribution in [-0.2, 0) is 0 Å². The number of aromatic hydroxyl groups is 1. The average Bonchev–Trinajstić information content (AvgIpc) is 2.49. The van der Waals surface area contributed by atoms with Crippen LogP contribution in [0.1, 0.15) is 0 Å². The lowest BCUT2D eigenvalue weighted by atomic mass is 10.2. The first kappa shape index (κ1) is 14.0. The average molecular weight is 317 g/mol. The van der Waals surface area contributed by atoms with Crippen molar-refractivity contribution in [1.82, 2.24) is 9.97 Å². The number of para-hydroxylation sites is 1. The van der Waals surface area contributed by atoms with Crippen molar-refractivity contribution in [3.8, 4) is 5.75 Å². The molecule has 110 valence electrons. The normalized spacial score (nSPS) is 10.6. The number of nitrogens with one attached hydrogen (secondary N) is 1. The van der Waals surface area contributed by atoms with Gasteiger partial charge < -0.3 is 10.4 Å². The van der Waals surface area contributed by atoms with Crippen LogP contribution in [0.5, 0.6) is 5.75 Å². The van der Waals surface area contributed by atoms with E-state index in [0.29, 0.717) is 16.7 Å². The van der Waals surface area contributed by atoms with Crippen molar-refractivity contribution < 1.29 is 10.0 Å². The molecule has 3 rings (SSSR count). The number of hydrogen-bond donors (Lipinski definition) is 2. The van der Waals surface area contributed by atoms with E-state index >= 15 is 0 Å². The summed E-state index contributed by atoms with van der Waals surface area (Å²) in [6, 6.07) is 10.8. The Hall–Kier alpha value is -2.93. The summed E-state index contributed by atoms with van der Waals surface area (Å²) < 4.78 is 0. The smallest absolute Gasteiger partial charge is 0.271 e. The first-order valence-corrected chi connectivity index (χ1v) is 6.59. The molecule has 2 aromatic carbocycles. The fourth-order valence-corrected chi connectivity index (χ4v) is 2.18. The number of benzene rings is 2. The van der Waals surface area contributed by atoms with Crippen LogP contribution in [0.15, 0.2) is 42.5 Å². The van der Waals surface area contributed by atoms with E-state index < -0.39 is 4.92 Å². The second kappa shape index (κ2) is 5.45. The zero-order valence-corrected chi connectivity index (χ0v) is 11.8. The molecule has 0 amide bonds. The van der Waals surface area contributed by atoms with Crippen LogP contribution in [0.3, 0.4) is 0 Å². The van der Waals surface area contributed by atoms with Gasteiger partial charge in [0.2, 0.25) is 5.28 Å². The van der Waals surface area contributed by atoms with Gasteiger partial charge in [0.25, 0.3) is 5.69 Å². The minimum atomic E-state index is -0.546. The molecule has 1 aromatic heterocycles. The number of hydrogen-bond acceptors (Lipinski definition) is 6. The van der Waals surface area contributed by atoms with E-state index in [2.05, 4.69) is 15.3 Å². The molecule has 0 fully saturated rings. The SMILES string of the molecule is O=[N+]([O-])c1ccc(O)c(Nc2nc(Cl)nc3ccccc23)c1. The van der Waals surface area contributed by atoms with Crippen molar-refractivity contribution in [1.29, 1.82) is 0 Å². The lowest BCUT2D eigenvalue weighted by Crippen LogP contribution is -1.98. The molecular formula is C14H9ClN4O3. The number of nitro groups is 1. The van der Waals surface area contributed by atoms with Gasteiger partial charge in [-0.15, -0.1) is 0 Å². The molecule has 2 N–H and O–H groups in total. The Balaban J connectivity index is 2.10. The van der Waals surface area contributed by atoms with Gasteiger partial charge in [-0.2, -0.15) is 4.98 Å². The highest BCUT2D eigenvalue weighted by Crippen LogP contribution is 2.32. The van der Waals surface area contributed by atoms with Crippen molar-refractivity contribution in [2.75, 3.05) is 5.32 Å². The number of non-ortho nitro benzene ring substituents is 1. The minimum absolute atomic E-state index is 0.0334. The van der Waals surface area contributed by atoms with Crippen molar-refractivity contribution in [2.24, 2.45) is 0 Å². The van der Waals surface area contributed by atoms with Crippen LogP contribution in [0.25, 0.3) is 10.9 Å². The van der Waals surface area contributed by atoms with Gasteiger partial charge in [-0.25, -0.2) is 4.98 Å². The molecule has 0 aliphatic heterocycles. The van der Waals surface area contributed by atoms with Gasteiger partial charge in [0.1, 0.15) is 11.6 Å². The summed E-state index contributed by atoms with van der Waals surface area (Å²) in [5, 5.41) is 24.3. The Morgan fingerprint density at radius 2 is 1.95 bits per heavy atom. The van der Waals surface area contributed by atoms with E-state index in [1.54, 1.807) is 24.3 Å². The maximum atomic E-state index is 10.8. The maximum absolute atomic E-state index is 10.8. The molecule has 0 saturated heterocycles. The summed E-state index contributed by atoms with van der Waals surface area (Å²) in [7, 11) is 0. The molecule has 0 aliphatic rings. The lowest BCUT2D eigenvalue weighted by Gasteiger charge is -2.10. The summed E-state index contributed by atoms with van der Waals surface area (Å²) >= 11 is 5.88. The predicted octanol–water partition coefficient (Wildman–Crippen LogP) is 3.64. The Bertz CT molecular complexity index is 885. The van der Waals surface area contributed by atoms with E-state index in [9.17, 15) is 15.2 Å². The zero-order chi connectivity index (χ0) is 15.7. The van der Waals surface area contributed by atoms with E-state index in [-0.39, 0.29) is 22.4 Å². The topological polar surface area (TPSA) is 101 Å². The summed E-state index contributed by atoms with van der Waals surface area (Å²) in [4.78, 5) is 18.5. The summed E-state index contributed by atoms with van der Waals surface area (Å²) in [6.07, 6.45) is 0. The second-order valence-corrected chi connectivity index (χ2v) is 4.78. The number of phenols is 1. The summed E-state index contributed by atoms with van der Waals surface area (Å²) in [5.41, 5.74) is 0.633. The highest BCUT2D eigenvalue weighted by molar-refractivity contribution is 6.28. The fourth-order valence-electron chi connectivity index (χ4n) is 2.01. The number of anilines is 2. The molecule has 7 nitrogen and oxygen atoms in total. The van der Waals surface area contributed by atoms with Gasteiger partial charge in [0.15, 0.2) is 0 Å². The Morgan fingerprint density at radius 1 is 1.18 bits per heavy atom. The third-order valence-corrected chi connectivity index (χ3v) is 3.19. The molecule has 8 heteroatoms. The van der Waals surface area contributed by atoms with Gasteiger partial charge >= 0.3 is 0 Å². The van der Waals surface area contributed by atoms with E-state index in [0.717, 1.165) is 0 Å². The van der Waals surface area contributed by atoms with Crippen LogP contribution in [0.4, 0.5) is 17.2 Å². The Morgan fingerprint density at radius 3 is 2.73 bits per heavy atom. The van der Waals surface area contributed by atoms with Gasteiger partial charge in [-0.1, -0.05) is 12.1 Å². The van der Waals surface area contributed by atoms with Gasteiger partial charge in [0, 0.05) is 17.5 Å². The van der Waals surface area contributed by atoms with Gasteiger partial charge in [-0.05, 0) is 29.8 Å². The summed E-state index contributed by atoms with van der Waals surface area (Å²) in [6.45, 7) is 0. The van der Waals surface area contributed by atoms with Crippen LogP contribution in [0.2, 0.25) is 5.28 Å². The van der Waals surface area contributed by atoms with Crippen LogP contribution in [-0.4, -0.2) is 20.0 Å². The molecule has 0 aliphatic carbocycles. The molecule has 0 radical (unpaired) electrons. The van der Waals surface area contributed by atoms with Gasteiger partial charge in [-0.3, -0.25) is 10.1 Å². The van der Waals surface area contributed by atoms with Gasteiger partial charge in [0.05, 0.1) is 16.1 Å². The molecule has 0 spiro atoms. The molecule has 1 heterocycles. The first-order valence-electron chi connectivity index (χ1n) is 6.21. The minimum Gasteiger partial charge on any atom is -0.506 e. The molecule has 0 bridgehead atoms. The number of nitro benzene ring substituents is 1. The Labute approximate surface area is 129 Å². The molecule has 0 unspecified atom stereocenters. The van der Waals surface area contributed by atoms with Crippen LogP contribution >= 0.6 is 11.6 Å². The molecule has 3 aromatic rings. The van der Waals surface area contributed by atoms with Crippen molar-refractivity contribution in [2.45, 2.75) is 0 Å². The molecule has 22 heavy (non-hydrogen) atoms. The highest BCUT2D eigenvalue weighted by Gasteiger charge is 2.13.